The summed E-state index contributed by atoms with van der Waals surface area (Å²) in [6, 6.07) is 6.58. The van der Waals surface area contributed by atoms with Crippen LogP contribution in [0.2, 0.25) is 0 Å². The number of benzene rings is 1. The number of hydrogen-bond donors (Lipinski definition) is 0. The van der Waals surface area contributed by atoms with E-state index in [1.807, 2.05) is 0 Å². The van der Waals surface area contributed by atoms with Crippen molar-refractivity contribution in [1.82, 2.24) is 9.21 Å². The van der Waals surface area contributed by atoms with E-state index in [0.717, 1.165) is 0 Å². The summed E-state index contributed by atoms with van der Waals surface area (Å²) in [7, 11) is -3.55. The zero-order chi connectivity index (χ0) is 17.0. The second-order valence-corrected chi connectivity index (χ2v) is 8.30. The van der Waals surface area contributed by atoms with E-state index in [1.54, 1.807) is 29.2 Å². The maximum atomic E-state index is 12.6. The van der Waals surface area contributed by atoms with Crippen LogP contribution in [0.4, 0.5) is 0 Å². The fourth-order valence-corrected chi connectivity index (χ4v) is 4.41. The Morgan fingerprint density at radius 1 is 1.13 bits per heavy atom. The van der Waals surface area contributed by atoms with Crippen molar-refractivity contribution in [2.45, 2.75) is 24.7 Å². The minimum Gasteiger partial charge on any atom is -0.340 e. The highest BCUT2D eigenvalue weighted by atomic mass is 79.9. The van der Waals surface area contributed by atoms with Gasteiger partial charge in [0.25, 0.3) is 0 Å². The van der Waals surface area contributed by atoms with Crippen molar-refractivity contribution < 1.29 is 18.0 Å². The second kappa shape index (κ2) is 7.55. The Morgan fingerprint density at radius 2 is 1.78 bits per heavy atom. The van der Waals surface area contributed by atoms with Gasteiger partial charge in [0, 0.05) is 43.5 Å². The fourth-order valence-electron chi connectivity index (χ4n) is 2.40. The summed E-state index contributed by atoms with van der Waals surface area (Å²) in [5, 5.41) is 0. The molecule has 1 fully saturated rings. The van der Waals surface area contributed by atoms with Gasteiger partial charge < -0.3 is 9.69 Å². The van der Waals surface area contributed by atoms with Gasteiger partial charge >= 0.3 is 0 Å². The summed E-state index contributed by atoms with van der Waals surface area (Å²) in [5.41, 5.74) is 0. The molecule has 0 saturated carbocycles. The van der Waals surface area contributed by atoms with Crippen molar-refractivity contribution in [3.63, 3.8) is 0 Å². The molecule has 1 amide bonds. The Balaban J connectivity index is 1.98. The minimum atomic E-state index is -3.55. The van der Waals surface area contributed by atoms with Crippen molar-refractivity contribution in [3.05, 3.63) is 28.7 Å². The average molecular weight is 403 g/mol. The highest BCUT2D eigenvalue weighted by Crippen LogP contribution is 2.21. The van der Waals surface area contributed by atoms with E-state index in [1.165, 1.54) is 11.2 Å². The van der Waals surface area contributed by atoms with Gasteiger partial charge in [-0.15, -0.1) is 0 Å². The number of sulfonamides is 1. The first-order valence-corrected chi connectivity index (χ1v) is 9.57. The summed E-state index contributed by atoms with van der Waals surface area (Å²) in [6.07, 6.45) is 0.420. The van der Waals surface area contributed by atoms with Gasteiger partial charge in [0.2, 0.25) is 15.9 Å². The number of piperazine rings is 1. The lowest BCUT2D eigenvalue weighted by molar-refractivity contribution is -0.134. The molecule has 1 aromatic rings. The molecule has 0 unspecified atom stereocenters. The summed E-state index contributed by atoms with van der Waals surface area (Å²) in [5.74, 6) is -0.117. The molecule has 0 atom stereocenters. The molecule has 23 heavy (non-hydrogen) atoms. The molecule has 1 aliphatic heterocycles. The van der Waals surface area contributed by atoms with E-state index in [-0.39, 0.29) is 42.5 Å². The molecule has 126 valence electrons. The van der Waals surface area contributed by atoms with Crippen molar-refractivity contribution >= 4 is 37.6 Å². The Kier molecular flexibility index (Phi) is 5.94. The molecule has 6 nitrogen and oxygen atoms in total. The first-order chi connectivity index (χ1) is 10.8. The molecule has 0 bridgehead atoms. The van der Waals surface area contributed by atoms with E-state index in [9.17, 15) is 18.0 Å². The van der Waals surface area contributed by atoms with E-state index < -0.39 is 10.0 Å². The smallest absolute Gasteiger partial charge is 0.243 e. The summed E-state index contributed by atoms with van der Waals surface area (Å²) in [6.45, 7) is 2.69. The monoisotopic (exact) mass is 402 g/mol. The molecule has 1 heterocycles. The third kappa shape index (κ3) is 4.62. The van der Waals surface area contributed by atoms with Gasteiger partial charge in [-0.05, 0) is 25.1 Å². The maximum Gasteiger partial charge on any atom is 0.243 e. The number of ketones is 1. The predicted octanol–water partition coefficient (Wildman–Crippen LogP) is 1.65. The topological polar surface area (TPSA) is 74.8 Å². The fraction of sp³-hybridized carbons (Fsp3) is 0.467. The minimum absolute atomic E-state index is 0.0192. The standard InChI is InChI=1S/C15H19BrN2O4S/c1-12(19)5-6-15(20)17-7-9-18(10-8-17)23(21,22)14-4-2-3-13(16)11-14/h2-4,11H,5-10H2,1H3. The van der Waals surface area contributed by atoms with Gasteiger partial charge in [0.1, 0.15) is 5.78 Å². The van der Waals surface area contributed by atoms with Crippen LogP contribution in [0.3, 0.4) is 0 Å². The molecule has 8 heteroatoms. The quantitative estimate of drug-likeness (QED) is 0.750. The van der Waals surface area contributed by atoms with Crippen LogP contribution in [-0.2, 0) is 19.6 Å². The molecule has 1 saturated heterocycles. The van der Waals surface area contributed by atoms with Gasteiger partial charge in [0.15, 0.2) is 0 Å². The van der Waals surface area contributed by atoms with Crippen LogP contribution in [0, 0.1) is 0 Å². The largest absolute Gasteiger partial charge is 0.340 e. The van der Waals surface area contributed by atoms with Gasteiger partial charge in [0.05, 0.1) is 4.90 Å². The van der Waals surface area contributed by atoms with E-state index in [2.05, 4.69) is 15.9 Å². The number of Topliss-reactive ketones (excluding diaryl/α,β-unsaturated/α-hetero) is 1. The Morgan fingerprint density at radius 3 is 2.35 bits per heavy atom. The van der Waals surface area contributed by atoms with Crippen molar-refractivity contribution in [3.8, 4) is 0 Å². The molecule has 0 N–H and O–H groups in total. The number of nitrogens with zero attached hydrogens (tertiary/aromatic N) is 2. The van der Waals surface area contributed by atoms with E-state index in [4.69, 9.17) is 0 Å². The van der Waals surface area contributed by atoms with Crippen LogP contribution in [0.25, 0.3) is 0 Å². The van der Waals surface area contributed by atoms with E-state index in [0.29, 0.717) is 17.6 Å². The first-order valence-electron chi connectivity index (χ1n) is 7.33. The molecular weight excluding hydrogens is 384 g/mol. The van der Waals surface area contributed by atoms with Crippen LogP contribution in [-0.4, -0.2) is 55.5 Å². The SMILES string of the molecule is CC(=O)CCC(=O)N1CCN(S(=O)(=O)c2cccc(Br)c2)CC1. The number of halogens is 1. The Labute approximate surface area is 144 Å². The number of amides is 1. The Hall–Kier alpha value is -1.25. The average Bonchev–Trinajstić information content (AvgIpc) is 2.52. The molecule has 0 aliphatic carbocycles. The van der Waals surface area contributed by atoms with Gasteiger partial charge in [-0.3, -0.25) is 4.79 Å². The summed E-state index contributed by atoms with van der Waals surface area (Å²) in [4.78, 5) is 24.8. The highest BCUT2D eigenvalue weighted by molar-refractivity contribution is 9.10. The third-order valence-electron chi connectivity index (χ3n) is 3.72. The van der Waals surface area contributed by atoms with Crippen LogP contribution in [0.5, 0.6) is 0 Å². The zero-order valence-corrected chi connectivity index (χ0v) is 15.3. The molecule has 1 aromatic carbocycles. The molecular formula is C15H19BrN2O4S. The van der Waals surface area contributed by atoms with Crippen LogP contribution < -0.4 is 0 Å². The van der Waals surface area contributed by atoms with Gasteiger partial charge in [-0.1, -0.05) is 22.0 Å². The van der Waals surface area contributed by atoms with Crippen molar-refractivity contribution in [2.75, 3.05) is 26.2 Å². The number of hydrogen-bond acceptors (Lipinski definition) is 4. The predicted molar refractivity (Wildman–Crippen MR) is 89.4 cm³/mol. The molecule has 2 rings (SSSR count). The van der Waals surface area contributed by atoms with Crippen LogP contribution in [0.15, 0.2) is 33.6 Å². The van der Waals surface area contributed by atoms with Crippen molar-refractivity contribution in [2.24, 2.45) is 0 Å². The third-order valence-corrected chi connectivity index (χ3v) is 6.10. The number of carbonyl (C=O) groups excluding carboxylic acids is 2. The molecule has 0 aromatic heterocycles. The summed E-state index contributed by atoms with van der Waals surface area (Å²) < 4.78 is 27.3. The Bertz CT molecular complexity index is 697. The lowest BCUT2D eigenvalue weighted by Gasteiger charge is -2.34. The van der Waals surface area contributed by atoms with Crippen molar-refractivity contribution in [1.29, 1.82) is 0 Å². The second-order valence-electron chi connectivity index (χ2n) is 5.44. The molecule has 1 aliphatic rings. The molecule has 0 spiro atoms. The van der Waals surface area contributed by atoms with Gasteiger partial charge in [-0.2, -0.15) is 4.31 Å². The first kappa shape index (κ1) is 18.1. The number of rotatable bonds is 5. The lowest BCUT2D eigenvalue weighted by Crippen LogP contribution is -2.50. The zero-order valence-electron chi connectivity index (χ0n) is 12.9. The number of carbonyl (C=O) groups is 2. The normalized spacial score (nSPS) is 16.3. The lowest BCUT2D eigenvalue weighted by atomic mass is 10.2. The van der Waals surface area contributed by atoms with Crippen LogP contribution in [0.1, 0.15) is 19.8 Å². The highest BCUT2D eigenvalue weighted by Gasteiger charge is 2.30. The molecule has 0 radical (unpaired) electrons. The van der Waals surface area contributed by atoms with Crippen LogP contribution >= 0.6 is 15.9 Å². The van der Waals surface area contributed by atoms with E-state index >= 15 is 0 Å². The maximum absolute atomic E-state index is 12.6. The van der Waals surface area contributed by atoms with Gasteiger partial charge in [-0.25, -0.2) is 8.42 Å². The summed E-state index contributed by atoms with van der Waals surface area (Å²) >= 11 is 3.27.